The molecule has 32 heavy (non-hydrogen) atoms. The van der Waals surface area contributed by atoms with Gasteiger partial charge in [0.1, 0.15) is 5.76 Å². The van der Waals surface area contributed by atoms with E-state index in [-0.39, 0.29) is 35.1 Å². The second-order valence-corrected chi connectivity index (χ2v) is 7.83. The number of rotatable bonds is 6. The average Bonchev–Trinajstić information content (AvgIpc) is 3.47. The summed E-state index contributed by atoms with van der Waals surface area (Å²) < 4.78 is 5.23. The zero-order chi connectivity index (χ0) is 22.2. The number of benzene rings is 2. The van der Waals surface area contributed by atoms with Crippen LogP contribution in [0.2, 0.25) is 0 Å². The van der Waals surface area contributed by atoms with Gasteiger partial charge in [-0.2, -0.15) is 0 Å². The van der Waals surface area contributed by atoms with Crippen LogP contribution in [0.5, 0.6) is 0 Å². The number of anilines is 2. The third kappa shape index (κ3) is 3.78. The largest absolute Gasteiger partial charge is 0.467 e. The number of nitrogens with one attached hydrogen (secondary N) is 2. The van der Waals surface area contributed by atoms with Crippen LogP contribution in [0, 0.1) is 5.92 Å². The van der Waals surface area contributed by atoms with Crippen LogP contribution >= 0.6 is 0 Å². The Balaban J connectivity index is 1.31. The minimum absolute atomic E-state index is 0.0191. The zero-order valence-corrected chi connectivity index (χ0v) is 17.0. The van der Waals surface area contributed by atoms with Gasteiger partial charge in [0.15, 0.2) is 0 Å². The third-order valence-electron chi connectivity index (χ3n) is 5.46. The van der Waals surface area contributed by atoms with Crippen molar-refractivity contribution in [1.82, 2.24) is 4.90 Å². The van der Waals surface area contributed by atoms with Gasteiger partial charge in [0.25, 0.3) is 17.7 Å². The molecule has 2 heterocycles. The summed E-state index contributed by atoms with van der Waals surface area (Å²) in [7, 11) is 0. The summed E-state index contributed by atoms with van der Waals surface area (Å²) in [6.07, 6.45) is 3.28. The van der Waals surface area contributed by atoms with E-state index in [9.17, 15) is 19.2 Å². The van der Waals surface area contributed by atoms with Crippen LogP contribution in [0.4, 0.5) is 11.4 Å². The Kier molecular flexibility index (Phi) is 4.82. The molecule has 0 unspecified atom stereocenters. The average molecular weight is 429 g/mol. The quantitative estimate of drug-likeness (QED) is 0.581. The van der Waals surface area contributed by atoms with Gasteiger partial charge in [0.05, 0.1) is 23.9 Å². The first-order valence-electron chi connectivity index (χ1n) is 10.2. The van der Waals surface area contributed by atoms with E-state index in [1.807, 2.05) is 0 Å². The summed E-state index contributed by atoms with van der Waals surface area (Å²) in [5, 5.41) is 5.61. The summed E-state index contributed by atoms with van der Waals surface area (Å²) in [6, 6.07) is 14.6. The highest BCUT2D eigenvalue weighted by atomic mass is 16.3. The summed E-state index contributed by atoms with van der Waals surface area (Å²) in [4.78, 5) is 51.2. The van der Waals surface area contributed by atoms with E-state index >= 15 is 0 Å². The van der Waals surface area contributed by atoms with Gasteiger partial charge in [-0.25, -0.2) is 0 Å². The molecule has 8 heteroatoms. The summed E-state index contributed by atoms with van der Waals surface area (Å²) in [5.74, 6) is -0.774. The van der Waals surface area contributed by atoms with Crippen molar-refractivity contribution in [3.63, 3.8) is 0 Å². The van der Waals surface area contributed by atoms with Crippen LogP contribution in [-0.4, -0.2) is 28.5 Å². The molecule has 0 atom stereocenters. The summed E-state index contributed by atoms with van der Waals surface area (Å²) in [6.45, 7) is 0.0280. The van der Waals surface area contributed by atoms with Crippen LogP contribution in [0.15, 0.2) is 65.3 Å². The lowest BCUT2D eigenvalue weighted by atomic mass is 10.1. The SMILES string of the molecule is O=C(Nc1cccc(NC(=O)C2CC2)c1)c1ccc2c(c1)C(=O)N(Cc1ccco1)C2=O. The van der Waals surface area contributed by atoms with Gasteiger partial charge in [-0.05, 0) is 61.4 Å². The van der Waals surface area contributed by atoms with E-state index < -0.39 is 17.7 Å². The minimum Gasteiger partial charge on any atom is -0.467 e. The van der Waals surface area contributed by atoms with Crippen LogP contribution in [-0.2, 0) is 11.3 Å². The van der Waals surface area contributed by atoms with Crippen molar-refractivity contribution in [2.45, 2.75) is 19.4 Å². The molecule has 1 fully saturated rings. The molecule has 2 N–H and O–H groups in total. The van der Waals surface area contributed by atoms with Crippen LogP contribution in [0.25, 0.3) is 0 Å². The van der Waals surface area contributed by atoms with Gasteiger partial charge in [-0.15, -0.1) is 0 Å². The van der Waals surface area contributed by atoms with Crippen molar-refractivity contribution in [3.05, 3.63) is 83.3 Å². The van der Waals surface area contributed by atoms with Crippen LogP contribution in [0.3, 0.4) is 0 Å². The lowest BCUT2D eigenvalue weighted by molar-refractivity contribution is -0.117. The molecule has 0 spiro atoms. The predicted octanol–water partition coefficient (Wildman–Crippen LogP) is 3.68. The zero-order valence-electron chi connectivity index (χ0n) is 17.0. The van der Waals surface area contributed by atoms with E-state index in [0.29, 0.717) is 17.1 Å². The topological polar surface area (TPSA) is 109 Å². The smallest absolute Gasteiger partial charge is 0.261 e. The maximum absolute atomic E-state index is 12.8. The fraction of sp³-hybridized carbons (Fsp3) is 0.167. The number of hydrogen-bond donors (Lipinski definition) is 2. The molecule has 5 rings (SSSR count). The number of carbonyl (C=O) groups is 4. The Morgan fingerprint density at radius 2 is 1.66 bits per heavy atom. The molecule has 0 saturated heterocycles. The highest BCUT2D eigenvalue weighted by molar-refractivity contribution is 6.22. The van der Waals surface area contributed by atoms with Crippen molar-refractivity contribution >= 4 is 35.0 Å². The van der Waals surface area contributed by atoms with E-state index in [1.165, 1.54) is 24.5 Å². The van der Waals surface area contributed by atoms with Crippen LogP contribution < -0.4 is 10.6 Å². The second-order valence-electron chi connectivity index (χ2n) is 7.83. The lowest BCUT2D eigenvalue weighted by Gasteiger charge is -2.11. The van der Waals surface area contributed by atoms with Crippen molar-refractivity contribution in [2.75, 3.05) is 10.6 Å². The highest BCUT2D eigenvalue weighted by Crippen LogP contribution is 2.30. The molecule has 1 aromatic heterocycles. The van der Waals surface area contributed by atoms with Crippen molar-refractivity contribution in [1.29, 1.82) is 0 Å². The van der Waals surface area contributed by atoms with E-state index in [0.717, 1.165) is 17.7 Å². The fourth-order valence-electron chi connectivity index (χ4n) is 3.60. The van der Waals surface area contributed by atoms with E-state index in [2.05, 4.69) is 10.6 Å². The lowest BCUT2D eigenvalue weighted by Crippen LogP contribution is -2.28. The van der Waals surface area contributed by atoms with Gasteiger partial charge >= 0.3 is 0 Å². The number of furan rings is 1. The highest BCUT2D eigenvalue weighted by Gasteiger charge is 2.36. The standard InChI is InChI=1S/C24H19N3O5/c28-21(14-6-7-14)25-16-3-1-4-17(12-16)26-22(29)15-8-9-19-20(11-15)24(31)27(23(19)30)13-18-5-2-10-32-18/h1-5,8-12,14H,6-7,13H2,(H,25,28)(H,26,29). The van der Waals surface area contributed by atoms with Crippen molar-refractivity contribution in [3.8, 4) is 0 Å². The van der Waals surface area contributed by atoms with Crippen molar-refractivity contribution < 1.29 is 23.6 Å². The number of nitrogens with zero attached hydrogens (tertiary/aromatic N) is 1. The molecule has 2 aromatic carbocycles. The number of carbonyl (C=O) groups excluding carboxylic acids is 4. The van der Waals surface area contributed by atoms with E-state index in [4.69, 9.17) is 4.42 Å². The Morgan fingerprint density at radius 3 is 2.38 bits per heavy atom. The Morgan fingerprint density at radius 1 is 0.906 bits per heavy atom. The Hall–Kier alpha value is -4.20. The minimum atomic E-state index is -0.471. The van der Waals surface area contributed by atoms with Gasteiger partial charge in [0.2, 0.25) is 5.91 Å². The molecule has 0 bridgehead atoms. The monoisotopic (exact) mass is 429 g/mol. The molecule has 1 aliphatic heterocycles. The first-order chi connectivity index (χ1) is 15.5. The Labute approximate surface area is 183 Å². The van der Waals surface area contributed by atoms with Gasteiger partial charge in [0, 0.05) is 22.9 Å². The molecular weight excluding hydrogens is 410 g/mol. The van der Waals surface area contributed by atoms with E-state index in [1.54, 1.807) is 36.4 Å². The van der Waals surface area contributed by atoms with Crippen molar-refractivity contribution in [2.24, 2.45) is 5.92 Å². The third-order valence-corrected chi connectivity index (χ3v) is 5.46. The molecule has 2 aliphatic rings. The predicted molar refractivity (Wildman–Crippen MR) is 115 cm³/mol. The molecule has 4 amide bonds. The molecule has 1 aliphatic carbocycles. The summed E-state index contributed by atoms with van der Waals surface area (Å²) in [5.41, 5.74) is 1.79. The van der Waals surface area contributed by atoms with Gasteiger partial charge in [-0.1, -0.05) is 6.07 Å². The van der Waals surface area contributed by atoms with Gasteiger partial charge < -0.3 is 15.1 Å². The van der Waals surface area contributed by atoms with Crippen LogP contribution in [0.1, 0.15) is 49.7 Å². The molecule has 160 valence electrons. The molecule has 0 radical (unpaired) electrons. The van der Waals surface area contributed by atoms with Gasteiger partial charge in [-0.3, -0.25) is 24.1 Å². The fourth-order valence-corrected chi connectivity index (χ4v) is 3.60. The number of fused-ring (bicyclic) bond motifs is 1. The first-order valence-corrected chi connectivity index (χ1v) is 10.2. The molecule has 3 aromatic rings. The molecule has 1 saturated carbocycles. The number of amides is 4. The normalized spacial score (nSPS) is 14.9. The number of imide groups is 1. The molecular formula is C24H19N3O5. The second kappa shape index (κ2) is 7.81. The first kappa shape index (κ1) is 19.7. The maximum atomic E-state index is 12.8. The summed E-state index contributed by atoms with van der Waals surface area (Å²) >= 11 is 0. The molecule has 8 nitrogen and oxygen atoms in total. The Bertz CT molecular complexity index is 1240. The maximum Gasteiger partial charge on any atom is 0.261 e. The number of hydrogen-bond acceptors (Lipinski definition) is 5.